The first kappa shape index (κ1) is 15.1. The number of benzene rings is 1. The molecule has 0 saturated carbocycles. The molecular formula is C16H21N3O2. The molecule has 5 heteroatoms. The van der Waals surface area contributed by atoms with Crippen LogP contribution in [0.2, 0.25) is 0 Å². The minimum atomic E-state index is -0.238. The fraction of sp³-hybridized carbons (Fsp3) is 0.375. The fourth-order valence-corrected chi connectivity index (χ4v) is 2.05. The number of hydrogen-bond donors (Lipinski definition) is 2. The number of nitrogens with zero attached hydrogens (tertiary/aromatic N) is 1. The third-order valence-corrected chi connectivity index (χ3v) is 2.90. The van der Waals surface area contributed by atoms with Crippen LogP contribution < -0.4 is 15.4 Å². The predicted octanol–water partition coefficient (Wildman–Crippen LogP) is 2.57. The molecule has 112 valence electrons. The van der Waals surface area contributed by atoms with Gasteiger partial charge in [-0.3, -0.25) is 4.79 Å². The third kappa shape index (κ3) is 4.08. The molecule has 0 aliphatic heterocycles. The monoisotopic (exact) mass is 287 g/mol. The van der Waals surface area contributed by atoms with Crippen molar-refractivity contribution < 1.29 is 9.53 Å². The second kappa shape index (κ2) is 5.99. The van der Waals surface area contributed by atoms with Gasteiger partial charge in [0.15, 0.2) is 0 Å². The highest BCUT2D eigenvalue weighted by Crippen LogP contribution is 2.25. The van der Waals surface area contributed by atoms with Crippen molar-refractivity contribution in [3.63, 3.8) is 0 Å². The summed E-state index contributed by atoms with van der Waals surface area (Å²) in [5.41, 5.74) is -0.238. The highest BCUT2D eigenvalue weighted by molar-refractivity contribution is 5.94. The van der Waals surface area contributed by atoms with Gasteiger partial charge in [0.2, 0.25) is 5.91 Å². The molecule has 0 unspecified atom stereocenters. The van der Waals surface area contributed by atoms with Gasteiger partial charge in [0, 0.05) is 17.1 Å². The minimum absolute atomic E-state index is 0.0604. The molecule has 0 spiro atoms. The molecule has 2 N–H and O–H groups in total. The normalized spacial score (nSPS) is 11.2. The Morgan fingerprint density at radius 1 is 1.29 bits per heavy atom. The first-order valence-corrected chi connectivity index (χ1v) is 6.87. The molecule has 0 aliphatic rings. The molecule has 0 aliphatic carbocycles. The van der Waals surface area contributed by atoms with Crippen LogP contribution in [0.4, 0.5) is 5.82 Å². The molecule has 1 amide bonds. The van der Waals surface area contributed by atoms with Crippen molar-refractivity contribution >= 4 is 22.5 Å². The lowest BCUT2D eigenvalue weighted by atomic mass is 10.1. The van der Waals surface area contributed by atoms with Gasteiger partial charge in [0.25, 0.3) is 0 Å². The Bertz CT molecular complexity index is 648. The van der Waals surface area contributed by atoms with Crippen molar-refractivity contribution in [3.05, 3.63) is 30.5 Å². The lowest BCUT2D eigenvalue weighted by Crippen LogP contribution is -2.43. The number of amides is 1. The summed E-state index contributed by atoms with van der Waals surface area (Å²) in [6.45, 7) is 6.05. The predicted molar refractivity (Wildman–Crippen MR) is 84.7 cm³/mol. The molecule has 0 atom stereocenters. The maximum absolute atomic E-state index is 11.8. The summed E-state index contributed by atoms with van der Waals surface area (Å²) in [7, 11) is 1.64. The number of anilines is 1. The fourth-order valence-electron chi connectivity index (χ4n) is 2.05. The van der Waals surface area contributed by atoms with Crippen LogP contribution in [0, 0.1) is 0 Å². The average molecular weight is 287 g/mol. The second-order valence-corrected chi connectivity index (χ2v) is 5.90. The van der Waals surface area contributed by atoms with Gasteiger partial charge in [0.05, 0.1) is 13.7 Å². The Kier molecular flexibility index (Phi) is 4.31. The van der Waals surface area contributed by atoms with Crippen LogP contribution in [-0.2, 0) is 4.79 Å². The lowest BCUT2D eigenvalue weighted by molar-refractivity contribution is -0.120. The van der Waals surface area contributed by atoms with Crippen LogP contribution in [0.25, 0.3) is 10.8 Å². The van der Waals surface area contributed by atoms with Crippen LogP contribution in [0.3, 0.4) is 0 Å². The zero-order valence-electron chi connectivity index (χ0n) is 12.9. The van der Waals surface area contributed by atoms with Crippen molar-refractivity contribution in [1.29, 1.82) is 0 Å². The number of nitrogens with one attached hydrogen (secondary N) is 2. The SMILES string of the molecule is COc1ccc2c(NCC(=O)NC(C)(C)C)nccc2c1. The Morgan fingerprint density at radius 2 is 2.05 bits per heavy atom. The number of carbonyl (C=O) groups is 1. The summed E-state index contributed by atoms with van der Waals surface area (Å²) in [4.78, 5) is 16.1. The van der Waals surface area contributed by atoms with E-state index in [-0.39, 0.29) is 18.0 Å². The number of methoxy groups -OCH3 is 1. The summed E-state index contributed by atoms with van der Waals surface area (Å²) in [6.07, 6.45) is 1.71. The topological polar surface area (TPSA) is 63.2 Å². The number of hydrogen-bond acceptors (Lipinski definition) is 4. The zero-order valence-corrected chi connectivity index (χ0v) is 12.9. The molecule has 0 radical (unpaired) electrons. The smallest absolute Gasteiger partial charge is 0.239 e. The van der Waals surface area contributed by atoms with Gasteiger partial charge < -0.3 is 15.4 Å². The molecule has 0 fully saturated rings. The van der Waals surface area contributed by atoms with E-state index in [1.807, 2.05) is 45.0 Å². The first-order valence-electron chi connectivity index (χ1n) is 6.87. The van der Waals surface area contributed by atoms with Gasteiger partial charge >= 0.3 is 0 Å². The Labute approximate surface area is 124 Å². The van der Waals surface area contributed by atoms with Gasteiger partial charge in [0.1, 0.15) is 11.6 Å². The van der Waals surface area contributed by atoms with E-state index in [9.17, 15) is 4.79 Å². The van der Waals surface area contributed by atoms with Crippen LogP contribution in [-0.4, -0.2) is 30.1 Å². The molecule has 1 heterocycles. The van der Waals surface area contributed by atoms with Crippen LogP contribution >= 0.6 is 0 Å². The molecule has 5 nitrogen and oxygen atoms in total. The number of pyridine rings is 1. The quantitative estimate of drug-likeness (QED) is 0.907. The summed E-state index contributed by atoms with van der Waals surface area (Å²) in [5, 5.41) is 7.97. The molecule has 21 heavy (non-hydrogen) atoms. The van der Waals surface area contributed by atoms with Crippen molar-refractivity contribution in [1.82, 2.24) is 10.3 Å². The van der Waals surface area contributed by atoms with Gasteiger partial charge in [-0.1, -0.05) is 0 Å². The second-order valence-electron chi connectivity index (χ2n) is 5.90. The van der Waals surface area contributed by atoms with E-state index in [0.717, 1.165) is 16.5 Å². The number of fused-ring (bicyclic) bond motifs is 1. The number of rotatable bonds is 4. The third-order valence-electron chi connectivity index (χ3n) is 2.90. The van der Waals surface area contributed by atoms with Crippen molar-refractivity contribution in [2.75, 3.05) is 19.0 Å². The minimum Gasteiger partial charge on any atom is -0.497 e. The van der Waals surface area contributed by atoms with Crippen molar-refractivity contribution in [3.8, 4) is 5.75 Å². The van der Waals surface area contributed by atoms with Crippen LogP contribution in [0.15, 0.2) is 30.5 Å². The summed E-state index contributed by atoms with van der Waals surface area (Å²) in [6, 6.07) is 7.67. The maximum atomic E-state index is 11.8. The lowest BCUT2D eigenvalue weighted by Gasteiger charge is -2.20. The van der Waals surface area contributed by atoms with E-state index in [1.54, 1.807) is 13.3 Å². The van der Waals surface area contributed by atoms with E-state index in [1.165, 1.54) is 0 Å². The Morgan fingerprint density at radius 3 is 2.71 bits per heavy atom. The van der Waals surface area contributed by atoms with Gasteiger partial charge in [-0.15, -0.1) is 0 Å². The zero-order chi connectivity index (χ0) is 15.5. The summed E-state index contributed by atoms with van der Waals surface area (Å²) < 4.78 is 5.21. The van der Waals surface area contributed by atoms with Crippen LogP contribution in [0.1, 0.15) is 20.8 Å². The number of aromatic nitrogens is 1. The molecule has 0 saturated heterocycles. The Balaban J connectivity index is 2.14. The highest BCUT2D eigenvalue weighted by atomic mass is 16.5. The molecule has 2 aromatic rings. The maximum Gasteiger partial charge on any atom is 0.239 e. The van der Waals surface area contributed by atoms with Crippen molar-refractivity contribution in [2.45, 2.75) is 26.3 Å². The van der Waals surface area contributed by atoms with E-state index in [2.05, 4.69) is 15.6 Å². The summed E-state index contributed by atoms with van der Waals surface area (Å²) in [5.74, 6) is 1.43. The first-order chi connectivity index (χ1) is 9.89. The van der Waals surface area contributed by atoms with E-state index >= 15 is 0 Å². The van der Waals surface area contributed by atoms with E-state index < -0.39 is 0 Å². The largest absolute Gasteiger partial charge is 0.497 e. The molecule has 2 rings (SSSR count). The van der Waals surface area contributed by atoms with Gasteiger partial charge in [-0.2, -0.15) is 0 Å². The molecule has 1 aromatic heterocycles. The van der Waals surface area contributed by atoms with Crippen LogP contribution in [0.5, 0.6) is 5.75 Å². The number of ether oxygens (including phenoxy) is 1. The summed E-state index contributed by atoms with van der Waals surface area (Å²) >= 11 is 0. The van der Waals surface area contributed by atoms with E-state index in [4.69, 9.17) is 4.74 Å². The Hall–Kier alpha value is -2.30. The standard InChI is InChI=1S/C16H21N3O2/c1-16(2,3)19-14(20)10-18-15-13-6-5-12(21-4)9-11(13)7-8-17-15/h5-9H,10H2,1-4H3,(H,17,18)(H,19,20). The van der Waals surface area contributed by atoms with Crippen molar-refractivity contribution in [2.24, 2.45) is 0 Å². The average Bonchev–Trinajstić information content (AvgIpc) is 2.42. The van der Waals surface area contributed by atoms with E-state index in [0.29, 0.717) is 5.82 Å². The highest BCUT2D eigenvalue weighted by Gasteiger charge is 2.13. The molecule has 0 bridgehead atoms. The molecule has 1 aromatic carbocycles. The van der Waals surface area contributed by atoms with Gasteiger partial charge in [-0.05, 0) is 50.4 Å². The molecular weight excluding hydrogens is 266 g/mol. The number of carbonyl (C=O) groups excluding carboxylic acids is 1. The van der Waals surface area contributed by atoms with Gasteiger partial charge in [-0.25, -0.2) is 4.98 Å².